The lowest BCUT2D eigenvalue weighted by Crippen LogP contribution is -2.19. The van der Waals surface area contributed by atoms with Crippen LogP contribution in [0.15, 0.2) is 50.7 Å². The quantitative estimate of drug-likeness (QED) is 0.834. The van der Waals surface area contributed by atoms with Gasteiger partial charge in [-0.15, -0.1) is 0 Å². The van der Waals surface area contributed by atoms with Crippen molar-refractivity contribution in [3.63, 3.8) is 0 Å². The van der Waals surface area contributed by atoms with Crippen molar-refractivity contribution in [2.75, 3.05) is 5.32 Å². The van der Waals surface area contributed by atoms with Crippen LogP contribution in [0.5, 0.6) is 0 Å². The molecule has 0 spiro atoms. The number of carbonyl (C=O) groups excluding carboxylic acids is 1. The highest BCUT2D eigenvalue weighted by atomic mass is 79.9. The minimum absolute atomic E-state index is 0.193. The number of hydrogen-bond donors (Lipinski definition) is 2. The van der Waals surface area contributed by atoms with Gasteiger partial charge in [0.25, 0.3) is 0 Å². The maximum Gasteiger partial charge on any atom is 0.245 e. The van der Waals surface area contributed by atoms with Crippen LogP contribution in [0.4, 0.5) is 5.69 Å². The van der Waals surface area contributed by atoms with Crippen LogP contribution in [0.1, 0.15) is 11.6 Å². The number of nitrogens with two attached hydrogens (primary N) is 1. The molecule has 1 amide bonds. The lowest BCUT2D eigenvalue weighted by Gasteiger charge is -2.08. The number of hydrogen-bond acceptors (Lipinski definition) is 3. The van der Waals surface area contributed by atoms with Crippen molar-refractivity contribution < 1.29 is 4.79 Å². The van der Waals surface area contributed by atoms with Gasteiger partial charge in [0.15, 0.2) is 0 Å². The Labute approximate surface area is 134 Å². The lowest BCUT2D eigenvalue weighted by atomic mass is 10.1. The Bertz CT molecular complexity index is 690. The highest BCUT2D eigenvalue weighted by Crippen LogP contribution is 2.40. The lowest BCUT2D eigenvalue weighted by molar-refractivity contribution is -0.116. The minimum atomic E-state index is -0.630. The highest BCUT2D eigenvalue weighted by molar-refractivity contribution is 9.10. The first-order valence-electron chi connectivity index (χ1n) is 5.88. The number of benzene rings is 2. The van der Waals surface area contributed by atoms with E-state index in [2.05, 4.69) is 21.2 Å². The summed E-state index contributed by atoms with van der Waals surface area (Å²) in [6.45, 7) is 0. The molecule has 3 N–H and O–H groups in total. The van der Waals surface area contributed by atoms with Crippen LogP contribution in [0, 0.1) is 0 Å². The van der Waals surface area contributed by atoms with Crippen molar-refractivity contribution in [1.82, 2.24) is 0 Å². The first-order valence-corrected chi connectivity index (χ1v) is 7.86. The first-order chi connectivity index (χ1) is 9.54. The number of nitrogens with one attached hydrogen (secondary N) is 1. The second kappa shape index (κ2) is 5.41. The Morgan fingerprint density at radius 1 is 1.25 bits per heavy atom. The van der Waals surface area contributed by atoms with Gasteiger partial charge in [0.1, 0.15) is 6.04 Å². The standard InChI is InChI=1S/C14H10BrClN2OS/c15-7-1-3-8(4-2-7)20-12-6-11-9(5-10(12)16)13(17)14(19)18-11/h1-6,13H,17H2,(H,18,19). The molecule has 0 saturated carbocycles. The summed E-state index contributed by atoms with van der Waals surface area (Å²) < 4.78 is 1.03. The van der Waals surface area contributed by atoms with E-state index < -0.39 is 6.04 Å². The predicted molar refractivity (Wildman–Crippen MR) is 85.3 cm³/mol. The molecule has 3 rings (SSSR count). The summed E-state index contributed by atoms with van der Waals surface area (Å²) in [7, 11) is 0. The maximum absolute atomic E-state index is 11.6. The molecule has 0 fully saturated rings. The number of carbonyl (C=O) groups is 1. The molecule has 1 unspecified atom stereocenters. The molecule has 0 aliphatic carbocycles. The third-order valence-corrected chi connectivity index (χ3v) is 5.04. The van der Waals surface area contributed by atoms with Gasteiger partial charge in [-0.25, -0.2) is 0 Å². The third kappa shape index (κ3) is 2.59. The highest BCUT2D eigenvalue weighted by Gasteiger charge is 2.28. The van der Waals surface area contributed by atoms with Crippen molar-refractivity contribution in [2.24, 2.45) is 5.73 Å². The minimum Gasteiger partial charge on any atom is -0.324 e. The summed E-state index contributed by atoms with van der Waals surface area (Å²) in [6, 6.07) is 11.0. The molecule has 1 aliphatic heterocycles. The molecular weight excluding hydrogens is 360 g/mol. The van der Waals surface area contributed by atoms with Gasteiger partial charge < -0.3 is 11.1 Å². The maximum atomic E-state index is 11.6. The molecule has 0 radical (unpaired) electrons. The smallest absolute Gasteiger partial charge is 0.245 e. The summed E-state index contributed by atoms with van der Waals surface area (Å²) in [5, 5.41) is 3.37. The van der Waals surface area contributed by atoms with E-state index in [-0.39, 0.29) is 5.91 Å². The first kappa shape index (κ1) is 13.9. The summed E-state index contributed by atoms with van der Waals surface area (Å²) in [5.41, 5.74) is 7.29. The molecule has 3 nitrogen and oxygen atoms in total. The van der Waals surface area contributed by atoms with E-state index in [4.69, 9.17) is 17.3 Å². The van der Waals surface area contributed by atoms with Crippen LogP contribution in [0.25, 0.3) is 0 Å². The van der Waals surface area contributed by atoms with Crippen molar-refractivity contribution in [3.8, 4) is 0 Å². The summed E-state index contributed by atoms with van der Waals surface area (Å²) >= 11 is 11.2. The average Bonchev–Trinajstić information content (AvgIpc) is 2.69. The Hall–Kier alpha value is -1.01. The zero-order chi connectivity index (χ0) is 14.3. The number of halogens is 2. The van der Waals surface area contributed by atoms with Gasteiger partial charge >= 0.3 is 0 Å². The summed E-state index contributed by atoms with van der Waals surface area (Å²) in [6.07, 6.45) is 0. The van der Waals surface area contributed by atoms with E-state index in [9.17, 15) is 4.79 Å². The molecule has 6 heteroatoms. The molecule has 102 valence electrons. The van der Waals surface area contributed by atoms with E-state index in [1.807, 2.05) is 30.3 Å². The van der Waals surface area contributed by atoms with E-state index in [0.717, 1.165) is 25.5 Å². The molecule has 1 aliphatic rings. The van der Waals surface area contributed by atoms with Crippen LogP contribution in [-0.4, -0.2) is 5.91 Å². The summed E-state index contributed by atoms with van der Waals surface area (Å²) in [4.78, 5) is 13.5. The van der Waals surface area contributed by atoms with Gasteiger partial charge in [0, 0.05) is 25.5 Å². The Balaban J connectivity index is 1.94. The van der Waals surface area contributed by atoms with Crippen molar-refractivity contribution in [1.29, 1.82) is 0 Å². The number of anilines is 1. The van der Waals surface area contributed by atoms with E-state index >= 15 is 0 Å². The average molecular weight is 370 g/mol. The zero-order valence-electron chi connectivity index (χ0n) is 10.2. The zero-order valence-corrected chi connectivity index (χ0v) is 13.3. The van der Waals surface area contributed by atoms with Gasteiger partial charge in [-0.05, 0) is 36.4 Å². The molecule has 0 bridgehead atoms. The van der Waals surface area contributed by atoms with Gasteiger partial charge in [-0.3, -0.25) is 4.79 Å². The molecule has 0 aromatic heterocycles. The summed E-state index contributed by atoms with van der Waals surface area (Å²) in [5.74, 6) is -0.193. The van der Waals surface area contributed by atoms with Crippen molar-refractivity contribution in [3.05, 3.63) is 51.5 Å². The molecule has 2 aromatic rings. The van der Waals surface area contributed by atoms with Crippen molar-refractivity contribution in [2.45, 2.75) is 15.8 Å². The largest absolute Gasteiger partial charge is 0.324 e. The molecule has 20 heavy (non-hydrogen) atoms. The Morgan fingerprint density at radius 2 is 1.95 bits per heavy atom. The molecule has 2 aromatic carbocycles. The van der Waals surface area contributed by atoms with Crippen LogP contribution < -0.4 is 11.1 Å². The van der Waals surface area contributed by atoms with Crippen LogP contribution >= 0.6 is 39.3 Å². The van der Waals surface area contributed by atoms with Crippen molar-refractivity contribution >= 4 is 50.9 Å². The number of rotatable bonds is 2. The fourth-order valence-electron chi connectivity index (χ4n) is 1.99. The topological polar surface area (TPSA) is 55.1 Å². The fourth-order valence-corrected chi connectivity index (χ4v) is 3.41. The predicted octanol–water partition coefficient (Wildman–Crippen LogP) is 4.21. The van der Waals surface area contributed by atoms with E-state index in [0.29, 0.717) is 5.02 Å². The molecular formula is C14H10BrClN2OS. The normalized spacial score (nSPS) is 16.9. The number of amides is 1. The molecule has 1 atom stereocenters. The molecule has 1 heterocycles. The van der Waals surface area contributed by atoms with Crippen LogP contribution in [0.2, 0.25) is 5.02 Å². The van der Waals surface area contributed by atoms with Crippen LogP contribution in [-0.2, 0) is 4.79 Å². The van der Waals surface area contributed by atoms with Gasteiger partial charge in [0.05, 0.1) is 5.02 Å². The van der Waals surface area contributed by atoms with Gasteiger partial charge in [0.2, 0.25) is 5.91 Å². The monoisotopic (exact) mass is 368 g/mol. The number of fused-ring (bicyclic) bond motifs is 1. The Morgan fingerprint density at radius 3 is 2.65 bits per heavy atom. The van der Waals surface area contributed by atoms with E-state index in [1.54, 1.807) is 17.8 Å². The SMILES string of the molecule is NC1C(=O)Nc2cc(Sc3ccc(Br)cc3)c(Cl)cc21. The third-order valence-electron chi connectivity index (χ3n) is 3.02. The molecule has 0 saturated heterocycles. The van der Waals surface area contributed by atoms with Crippen LogP contribution in [0.3, 0.4) is 0 Å². The van der Waals surface area contributed by atoms with Gasteiger partial charge in [-0.1, -0.05) is 39.3 Å². The second-order valence-corrected chi connectivity index (χ2v) is 6.83. The Kier molecular flexibility index (Phi) is 3.77. The van der Waals surface area contributed by atoms with E-state index in [1.165, 1.54) is 0 Å². The second-order valence-electron chi connectivity index (χ2n) is 4.39. The fraction of sp³-hybridized carbons (Fsp3) is 0.0714. The van der Waals surface area contributed by atoms with Gasteiger partial charge in [-0.2, -0.15) is 0 Å².